The fourth-order valence-corrected chi connectivity index (χ4v) is 2.20. The van der Waals surface area contributed by atoms with Crippen LogP contribution >= 0.6 is 0 Å². The number of hydrogen-bond donors (Lipinski definition) is 0. The first-order chi connectivity index (χ1) is 6.09. The lowest BCUT2D eigenvalue weighted by molar-refractivity contribution is -0.130. The Labute approximate surface area is 82.9 Å². The van der Waals surface area contributed by atoms with Crippen LogP contribution in [0.25, 0.3) is 0 Å². The van der Waals surface area contributed by atoms with E-state index in [-0.39, 0.29) is 0 Å². The molecule has 0 aliphatic carbocycles. The van der Waals surface area contributed by atoms with Crippen LogP contribution in [0.4, 0.5) is 0 Å². The lowest BCUT2D eigenvalue weighted by Gasteiger charge is -2.44. The van der Waals surface area contributed by atoms with E-state index in [2.05, 4.69) is 27.7 Å². The van der Waals surface area contributed by atoms with E-state index in [0.29, 0.717) is 5.41 Å². The molecule has 0 aromatic heterocycles. The molecule has 0 bridgehead atoms. The normalized spacial score (nSPS) is 22.8. The molecule has 1 heteroatoms. The molecule has 1 rings (SSSR count). The van der Waals surface area contributed by atoms with E-state index in [9.17, 15) is 0 Å². The average molecular weight is 184 g/mol. The van der Waals surface area contributed by atoms with Crippen molar-refractivity contribution in [1.29, 1.82) is 0 Å². The molecule has 0 N–H and O–H groups in total. The Morgan fingerprint density at radius 3 is 2.15 bits per heavy atom. The lowest BCUT2D eigenvalue weighted by Crippen LogP contribution is -2.44. The Bertz CT molecular complexity index is 147. The van der Waals surface area contributed by atoms with Crippen molar-refractivity contribution in [2.45, 2.75) is 47.0 Å². The number of rotatable bonds is 5. The maximum Gasteiger partial charge on any atom is 0.0544 e. The standard InChI is InChI=1S/C12H24O/c1-5-6-12(8-13-9-12)7-11(4)10(2)3/h10-11H,5-9H2,1-4H3. The van der Waals surface area contributed by atoms with Crippen LogP contribution in [0.15, 0.2) is 0 Å². The molecule has 1 unspecified atom stereocenters. The maximum absolute atomic E-state index is 5.37. The second-order valence-electron chi connectivity index (χ2n) is 5.17. The first kappa shape index (κ1) is 11.0. The molecule has 1 nitrogen and oxygen atoms in total. The first-order valence-corrected chi connectivity index (χ1v) is 5.67. The third kappa shape index (κ3) is 2.70. The minimum Gasteiger partial charge on any atom is -0.380 e. The van der Waals surface area contributed by atoms with E-state index in [1.165, 1.54) is 19.3 Å². The molecule has 0 saturated carbocycles. The predicted molar refractivity (Wildman–Crippen MR) is 56.8 cm³/mol. The second kappa shape index (κ2) is 4.45. The summed E-state index contributed by atoms with van der Waals surface area (Å²) in [4.78, 5) is 0. The molecule has 0 radical (unpaired) electrons. The minimum atomic E-state index is 0.554. The van der Waals surface area contributed by atoms with Crippen molar-refractivity contribution < 1.29 is 4.74 Å². The van der Waals surface area contributed by atoms with E-state index < -0.39 is 0 Å². The topological polar surface area (TPSA) is 9.23 Å². The molecule has 1 aliphatic heterocycles. The van der Waals surface area contributed by atoms with Gasteiger partial charge in [0.2, 0.25) is 0 Å². The quantitative estimate of drug-likeness (QED) is 0.635. The summed E-state index contributed by atoms with van der Waals surface area (Å²) in [7, 11) is 0. The zero-order chi connectivity index (χ0) is 9.90. The summed E-state index contributed by atoms with van der Waals surface area (Å²) in [5.41, 5.74) is 0.554. The molecule has 1 atom stereocenters. The monoisotopic (exact) mass is 184 g/mol. The van der Waals surface area contributed by atoms with Crippen molar-refractivity contribution in [3.8, 4) is 0 Å². The van der Waals surface area contributed by atoms with Crippen molar-refractivity contribution in [3.05, 3.63) is 0 Å². The zero-order valence-corrected chi connectivity index (χ0v) is 9.60. The van der Waals surface area contributed by atoms with Gasteiger partial charge in [0.1, 0.15) is 0 Å². The first-order valence-electron chi connectivity index (χ1n) is 5.67. The zero-order valence-electron chi connectivity index (χ0n) is 9.60. The van der Waals surface area contributed by atoms with Gasteiger partial charge in [0.15, 0.2) is 0 Å². The van der Waals surface area contributed by atoms with Crippen LogP contribution < -0.4 is 0 Å². The Hall–Kier alpha value is -0.0400. The smallest absolute Gasteiger partial charge is 0.0544 e. The van der Waals surface area contributed by atoms with E-state index >= 15 is 0 Å². The summed E-state index contributed by atoms with van der Waals surface area (Å²) in [6.07, 6.45) is 4.01. The van der Waals surface area contributed by atoms with Gasteiger partial charge in [0.05, 0.1) is 13.2 Å². The van der Waals surface area contributed by atoms with Crippen LogP contribution in [0.5, 0.6) is 0 Å². The second-order valence-corrected chi connectivity index (χ2v) is 5.17. The highest BCUT2D eigenvalue weighted by atomic mass is 16.5. The number of ether oxygens (including phenoxy) is 1. The third-order valence-electron chi connectivity index (χ3n) is 3.49. The molecule has 0 spiro atoms. The van der Waals surface area contributed by atoms with Gasteiger partial charge < -0.3 is 4.74 Å². The molecule has 1 heterocycles. The molecule has 0 aromatic rings. The van der Waals surface area contributed by atoms with Gasteiger partial charge in [-0.25, -0.2) is 0 Å². The van der Waals surface area contributed by atoms with Crippen molar-refractivity contribution in [1.82, 2.24) is 0 Å². The summed E-state index contributed by atoms with van der Waals surface area (Å²) in [5.74, 6) is 1.66. The van der Waals surface area contributed by atoms with Crippen molar-refractivity contribution in [2.75, 3.05) is 13.2 Å². The maximum atomic E-state index is 5.37. The summed E-state index contributed by atoms with van der Waals surface area (Å²) >= 11 is 0. The molecular weight excluding hydrogens is 160 g/mol. The Morgan fingerprint density at radius 1 is 1.23 bits per heavy atom. The van der Waals surface area contributed by atoms with E-state index in [4.69, 9.17) is 4.74 Å². The Balaban J connectivity index is 2.39. The van der Waals surface area contributed by atoms with Crippen molar-refractivity contribution >= 4 is 0 Å². The van der Waals surface area contributed by atoms with Crippen LogP contribution in [-0.2, 0) is 4.74 Å². The molecule has 1 fully saturated rings. The van der Waals surface area contributed by atoms with Crippen LogP contribution in [0.1, 0.15) is 47.0 Å². The predicted octanol–water partition coefficient (Wildman–Crippen LogP) is 3.49. The van der Waals surface area contributed by atoms with Gasteiger partial charge in [-0.3, -0.25) is 0 Å². The molecule has 0 aromatic carbocycles. The van der Waals surface area contributed by atoms with Gasteiger partial charge in [-0.1, -0.05) is 34.1 Å². The number of hydrogen-bond acceptors (Lipinski definition) is 1. The van der Waals surface area contributed by atoms with Gasteiger partial charge >= 0.3 is 0 Å². The largest absolute Gasteiger partial charge is 0.380 e. The van der Waals surface area contributed by atoms with Gasteiger partial charge in [0, 0.05) is 5.41 Å². The molecule has 0 amide bonds. The molecule has 1 saturated heterocycles. The fourth-order valence-electron chi connectivity index (χ4n) is 2.20. The SMILES string of the molecule is CCCC1(CC(C)C(C)C)COC1. The van der Waals surface area contributed by atoms with Gasteiger partial charge in [0.25, 0.3) is 0 Å². The van der Waals surface area contributed by atoms with Crippen LogP contribution in [-0.4, -0.2) is 13.2 Å². The minimum absolute atomic E-state index is 0.554. The Kier molecular flexibility index (Phi) is 3.78. The highest BCUT2D eigenvalue weighted by molar-refractivity contribution is 4.87. The molecular formula is C12H24O. The molecule has 78 valence electrons. The van der Waals surface area contributed by atoms with E-state index in [1.807, 2.05) is 0 Å². The van der Waals surface area contributed by atoms with Crippen molar-refractivity contribution in [3.63, 3.8) is 0 Å². The highest BCUT2D eigenvalue weighted by Gasteiger charge is 2.38. The summed E-state index contributed by atoms with van der Waals surface area (Å²) in [5, 5.41) is 0. The van der Waals surface area contributed by atoms with E-state index in [0.717, 1.165) is 25.0 Å². The molecule has 13 heavy (non-hydrogen) atoms. The van der Waals surface area contributed by atoms with E-state index in [1.54, 1.807) is 0 Å². The van der Waals surface area contributed by atoms with Crippen LogP contribution in [0.3, 0.4) is 0 Å². The van der Waals surface area contributed by atoms with Crippen molar-refractivity contribution in [2.24, 2.45) is 17.3 Å². The summed E-state index contributed by atoms with van der Waals surface area (Å²) in [6, 6.07) is 0. The highest BCUT2D eigenvalue weighted by Crippen LogP contribution is 2.40. The van der Waals surface area contributed by atoms with Gasteiger partial charge in [-0.2, -0.15) is 0 Å². The summed E-state index contributed by atoms with van der Waals surface area (Å²) < 4.78 is 5.37. The lowest BCUT2D eigenvalue weighted by atomic mass is 9.72. The van der Waals surface area contributed by atoms with Crippen LogP contribution in [0, 0.1) is 17.3 Å². The summed E-state index contributed by atoms with van der Waals surface area (Å²) in [6.45, 7) is 11.3. The van der Waals surface area contributed by atoms with Gasteiger partial charge in [-0.15, -0.1) is 0 Å². The Morgan fingerprint density at radius 2 is 1.85 bits per heavy atom. The fraction of sp³-hybridized carbons (Fsp3) is 1.00. The van der Waals surface area contributed by atoms with Crippen LogP contribution in [0.2, 0.25) is 0 Å². The third-order valence-corrected chi connectivity index (χ3v) is 3.49. The average Bonchev–Trinajstić information content (AvgIpc) is 2.00. The van der Waals surface area contributed by atoms with Gasteiger partial charge in [-0.05, 0) is 24.7 Å². The molecule has 1 aliphatic rings.